The number of benzene rings is 1. The molecule has 6 nitrogen and oxygen atoms in total. The predicted octanol–water partition coefficient (Wildman–Crippen LogP) is 2.82. The van der Waals surface area contributed by atoms with E-state index in [2.05, 4.69) is 4.98 Å². The molecule has 0 N–H and O–H groups in total. The minimum absolute atomic E-state index is 0.0137. The fourth-order valence-electron chi connectivity index (χ4n) is 4.18. The van der Waals surface area contributed by atoms with Gasteiger partial charge in [0.1, 0.15) is 5.82 Å². The van der Waals surface area contributed by atoms with Crippen molar-refractivity contribution in [1.82, 2.24) is 19.8 Å². The molecule has 1 saturated heterocycles. The fourth-order valence-corrected chi connectivity index (χ4v) is 4.18. The fraction of sp³-hybridized carbons (Fsp3) is 0.455. The van der Waals surface area contributed by atoms with Crippen molar-refractivity contribution < 1.29 is 14.0 Å². The van der Waals surface area contributed by atoms with E-state index < -0.39 is 0 Å². The highest BCUT2D eigenvalue weighted by Gasteiger charge is 2.32. The lowest BCUT2D eigenvalue weighted by atomic mass is 10.1. The SMILES string of the molecule is CC(=O)N1CCc2nc(C3CCCN3C(=O)CCc3ccccc3F)ncc2C1. The molecule has 0 aliphatic carbocycles. The molecule has 3 heterocycles. The predicted molar refractivity (Wildman–Crippen MR) is 105 cm³/mol. The molecule has 1 atom stereocenters. The smallest absolute Gasteiger partial charge is 0.223 e. The van der Waals surface area contributed by atoms with E-state index in [0.29, 0.717) is 43.9 Å². The van der Waals surface area contributed by atoms with Crippen molar-refractivity contribution in [3.05, 3.63) is 58.9 Å². The summed E-state index contributed by atoms with van der Waals surface area (Å²) in [7, 11) is 0. The monoisotopic (exact) mass is 396 g/mol. The van der Waals surface area contributed by atoms with Crippen molar-refractivity contribution in [2.45, 2.75) is 51.6 Å². The number of likely N-dealkylation sites (tertiary alicyclic amines) is 1. The number of aryl methyl sites for hydroxylation is 1. The molecule has 1 fully saturated rings. The molecule has 0 saturated carbocycles. The van der Waals surface area contributed by atoms with Crippen molar-refractivity contribution in [2.75, 3.05) is 13.1 Å². The largest absolute Gasteiger partial charge is 0.338 e. The van der Waals surface area contributed by atoms with Gasteiger partial charge in [0.15, 0.2) is 5.82 Å². The molecule has 29 heavy (non-hydrogen) atoms. The Morgan fingerprint density at radius 1 is 1.24 bits per heavy atom. The van der Waals surface area contributed by atoms with Gasteiger partial charge in [-0.05, 0) is 30.9 Å². The summed E-state index contributed by atoms with van der Waals surface area (Å²) in [6, 6.07) is 6.46. The zero-order valence-corrected chi connectivity index (χ0v) is 16.6. The second-order valence-electron chi connectivity index (χ2n) is 7.73. The average Bonchev–Trinajstić information content (AvgIpc) is 3.22. The van der Waals surface area contributed by atoms with Gasteiger partial charge in [-0.3, -0.25) is 9.59 Å². The Kier molecular flexibility index (Phi) is 5.56. The molecule has 152 valence electrons. The summed E-state index contributed by atoms with van der Waals surface area (Å²) < 4.78 is 13.8. The average molecular weight is 396 g/mol. The third-order valence-corrected chi connectivity index (χ3v) is 5.84. The van der Waals surface area contributed by atoms with Crippen LogP contribution in [0.4, 0.5) is 4.39 Å². The van der Waals surface area contributed by atoms with Gasteiger partial charge in [-0.25, -0.2) is 14.4 Å². The quantitative estimate of drug-likeness (QED) is 0.797. The normalized spacial score (nSPS) is 18.6. The standard InChI is InChI=1S/C22H25FN4O2/c1-15(28)26-12-10-19-17(14-26)13-24-22(25-19)20-7-4-11-27(20)21(29)9-8-16-5-2-3-6-18(16)23/h2-3,5-6,13,20H,4,7-12,14H2,1H3. The van der Waals surface area contributed by atoms with Crippen LogP contribution in [0.5, 0.6) is 0 Å². The molecule has 2 aliphatic heterocycles. The topological polar surface area (TPSA) is 66.4 Å². The highest BCUT2D eigenvalue weighted by atomic mass is 19.1. The molecule has 4 rings (SSSR count). The Balaban J connectivity index is 1.45. The molecule has 0 bridgehead atoms. The van der Waals surface area contributed by atoms with Crippen molar-refractivity contribution in [3.8, 4) is 0 Å². The van der Waals surface area contributed by atoms with Crippen LogP contribution in [-0.4, -0.2) is 44.7 Å². The van der Waals surface area contributed by atoms with Crippen LogP contribution in [-0.2, 0) is 29.0 Å². The van der Waals surface area contributed by atoms with Gasteiger partial charge in [0, 0.05) is 51.2 Å². The van der Waals surface area contributed by atoms with E-state index in [4.69, 9.17) is 4.98 Å². The summed E-state index contributed by atoms with van der Waals surface area (Å²) in [4.78, 5) is 37.3. The molecule has 0 spiro atoms. The maximum atomic E-state index is 13.8. The Morgan fingerprint density at radius 2 is 2.07 bits per heavy atom. The molecule has 1 unspecified atom stereocenters. The number of hydrogen-bond donors (Lipinski definition) is 0. The number of nitrogens with zero attached hydrogens (tertiary/aromatic N) is 4. The van der Waals surface area contributed by atoms with Gasteiger partial charge in [0.2, 0.25) is 11.8 Å². The van der Waals surface area contributed by atoms with Gasteiger partial charge in [-0.2, -0.15) is 0 Å². The molecular weight excluding hydrogens is 371 g/mol. The minimum atomic E-state index is -0.268. The molecule has 2 amide bonds. The molecular formula is C22H25FN4O2. The van der Waals surface area contributed by atoms with Crippen LogP contribution >= 0.6 is 0 Å². The van der Waals surface area contributed by atoms with E-state index in [-0.39, 0.29) is 30.1 Å². The Labute approximate surface area is 169 Å². The highest BCUT2D eigenvalue weighted by Crippen LogP contribution is 2.31. The van der Waals surface area contributed by atoms with E-state index in [0.717, 1.165) is 24.1 Å². The number of halogens is 1. The molecule has 1 aromatic carbocycles. The Bertz CT molecular complexity index is 933. The van der Waals surface area contributed by atoms with E-state index in [1.807, 2.05) is 4.90 Å². The lowest BCUT2D eigenvalue weighted by Crippen LogP contribution is -2.36. The minimum Gasteiger partial charge on any atom is -0.338 e. The number of rotatable bonds is 4. The summed E-state index contributed by atoms with van der Waals surface area (Å²) in [5, 5.41) is 0. The molecule has 0 radical (unpaired) electrons. The first kappa shape index (κ1) is 19.5. The van der Waals surface area contributed by atoms with Crippen LogP contribution in [0.1, 0.15) is 54.9 Å². The Morgan fingerprint density at radius 3 is 2.86 bits per heavy atom. The Hall–Kier alpha value is -2.83. The first-order chi connectivity index (χ1) is 14.0. The third-order valence-electron chi connectivity index (χ3n) is 5.84. The second kappa shape index (κ2) is 8.27. The highest BCUT2D eigenvalue weighted by molar-refractivity contribution is 5.77. The second-order valence-corrected chi connectivity index (χ2v) is 7.73. The first-order valence-electron chi connectivity index (χ1n) is 10.2. The van der Waals surface area contributed by atoms with Gasteiger partial charge in [-0.15, -0.1) is 0 Å². The van der Waals surface area contributed by atoms with Gasteiger partial charge >= 0.3 is 0 Å². The van der Waals surface area contributed by atoms with Crippen LogP contribution < -0.4 is 0 Å². The van der Waals surface area contributed by atoms with E-state index in [9.17, 15) is 14.0 Å². The van der Waals surface area contributed by atoms with Crippen molar-refractivity contribution in [1.29, 1.82) is 0 Å². The van der Waals surface area contributed by atoms with E-state index >= 15 is 0 Å². The van der Waals surface area contributed by atoms with E-state index in [1.165, 1.54) is 6.07 Å². The summed E-state index contributed by atoms with van der Waals surface area (Å²) >= 11 is 0. The van der Waals surface area contributed by atoms with Crippen molar-refractivity contribution >= 4 is 11.8 Å². The van der Waals surface area contributed by atoms with Crippen LogP contribution in [0.2, 0.25) is 0 Å². The number of aromatic nitrogens is 2. The zero-order valence-electron chi connectivity index (χ0n) is 16.6. The molecule has 1 aromatic heterocycles. The molecule has 2 aliphatic rings. The summed E-state index contributed by atoms with van der Waals surface area (Å²) in [5.74, 6) is 0.481. The third kappa shape index (κ3) is 4.13. The summed E-state index contributed by atoms with van der Waals surface area (Å²) in [6.07, 6.45) is 4.92. The lowest BCUT2D eigenvalue weighted by molar-refractivity contribution is -0.132. The van der Waals surface area contributed by atoms with Crippen LogP contribution in [0.25, 0.3) is 0 Å². The molecule has 2 aromatic rings. The zero-order chi connectivity index (χ0) is 20.4. The van der Waals surface area contributed by atoms with Gasteiger partial charge in [0.25, 0.3) is 0 Å². The van der Waals surface area contributed by atoms with Gasteiger partial charge in [0.05, 0.1) is 11.7 Å². The number of hydrogen-bond acceptors (Lipinski definition) is 4. The number of carbonyl (C=O) groups excluding carboxylic acids is 2. The van der Waals surface area contributed by atoms with Crippen LogP contribution in [0.15, 0.2) is 30.5 Å². The van der Waals surface area contributed by atoms with E-state index in [1.54, 1.807) is 36.2 Å². The summed E-state index contributed by atoms with van der Waals surface area (Å²) in [5.41, 5.74) is 2.51. The first-order valence-corrected chi connectivity index (χ1v) is 10.2. The maximum Gasteiger partial charge on any atom is 0.223 e. The lowest BCUT2D eigenvalue weighted by Gasteiger charge is -2.28. The van der Waals surface area contributed by atoms with Gasteiger partial charge < -0.3 is 9.80 Å². The number of carbonyl (C=O) groups is 2. The van der Waals surface area contributed by atoms with Gasteiger partial charge in [-0.1, -0.05) is 18.2 Å². The van der Waals surface area contributed by atoms with Crippen LogP contribution in [0, 0.1) is 5.82 Å². The van der Waals surface area contributed by atoms with Crippen molar-refractivity contribution in [2.24, 2.45) is 0 Å². The van der Waals surface area contributed by atoms with Crippen molar-refractivity contribution in [3.63, 3.8) is 0 Å². The number of amides is 2. The summed E-state index contributed by atoms with van der Waals surface area (Å²) in [6.45, 7) is 3.46. The molecule has 7 heteroatoms. The number of fused-ring (bicyclic) bond motifs is 1. The maximum absolute atomic E-state index is 13.8. The van der Waals surface area contributed by atoms with Crippen LogP contribution in [0.3, 0.4) is 0 Å².